The average molecular weight is 173 g/mol. The highest BCUT2D eigenvalue weighted by Gasteiger charge is 2.20. The minimum atomic E-state index is 0.601. The molecule has 64 valence electrons. The molecule has 1 fully saturated rings. The Bertz CT molecular complexity index is 152. The standard InChI is InChI=1S/C7H15N3S/c1-9-7(8)10(2)6-3-4-11-5-6/h6H,3-5H2,1-2H3,(H2,8,9). The number of guanidine groups is 1. The fourth-order valence-electron chi connectivity index (χ4n) is 1.17. The van der Waals surface area contributed by atoms with Gasteiger partial charge < -0.3 is 10.6 Å². The largest absolute Gasteiger partial charge is 0.370 e. The second-order valence-corrected chi connectivity index (χ2v) is 3.86. The summed E-state index contributed by atoms with van der Waals surface area (Å²) in [5, 5.41) is 0. The van der Waals surface area contributed by atoms with Crippen LogP contribution in [0, 0.1) is 0 Å². The van der Waals surface area contributed by atoms with Gasteiger partial charge in [0.15, 0.2) is 5.96 Å². The summed E-state index contributed by atoms with van der Waals surface area (Å²) in [5.41, 5.74) is 5.66. The Labute approximate surface area is 72.0 Å². The van der Waals surface area contributed by atoms with E-state index in [1.165, 1.54) is 17.9 Å². The molecule has 0 radical (unpaired) electrons. The minimum absolute atomic E-state index is 0.601. The normalized spacial score (nSPS) is 25.6. The number of thioether (sulfide) groups is 1. The zero-order chi connectivity index (χ0) is 8.27. The van der Waals surface area contributed by atoms with Crippen LogP contribution in [0.15, 0.2) is 4.99 Å². The van der Waals surface area contributed by atoms with Crippen LogP contribution >= 0.6 is 11.8 Å². The third-order valence-electron chi connectivity index (χ3n) is 2.04. The van der Waals surface area contributed by atoms with Gasteiger partial charge in [-0.15, -0.1) is 0 Å². The van der Waals surface area contributed by atoms with Crippen molar-refractivity contribution in [2.24, 2.45) is 10.7 Å². The first-order valence-electron chi connectivity index (χ1n) is 3.78. The van der Waals surface area contributed by atoms with Crippen LogP contribution in [-0.2, 0) is 0 Å². The quantitative estimate of drug-likeness (QED) is 0.460. The third-order valence-corrected chi connectivity index (χ3v) is 3.19. The summed E-state index contributed by atoms with van der Waals surface area (Å²) in [6, 6.07) is 0.601. The molecule has 1 rings (SSSR count). The molecular weight excluding hydrogens is 158 g/mol. The van der Waals surface area contributed by atoms with Crippen LogP contribution in [0.4, 0.5) is 0 Å². The molecule has 0 spiro atoms. The molecule has 2 N–H and O–H groups in total. The molecule has 11 heavy (non-hydrogen) atoms. The van der Waals surface area contributed by atoms with Crippen molar-refractivity contribution in [1.29, 1.82) is 0 Å². The van der Waals surface area contributed by atoms with Crippen LogP contribution in [0.1, 0.15) is 6.42 Å². The molecule has 0 aliphatic carbocycles. The van der Waals surface area contributed by atoms with Gasteiger partial charge in [0.1, 0.15) is 0 Å². The van der Waals surface area contributed by atoms with Gasteiger partial charge >= 0.3 is 0 Å². The maximum atomic E-state index is 5.66. The molecule has 0 aromatic heterocycles. The van der Waals surface area contributed by atoms with E-state index >= 15 is 0 Å². The van der Waals surface area contributed by atoms with Gasteiger partial charge in [0.2, 0.25) is 0 Å². The molecule has 1 heterocycles. The van der Waals surface area contributed by atoms with E-state index in [-0.39, 0.29) is 0 Å². The number of hydrogen-bond acceptors (Lipinski definition) is 2. The first-order valence-corrected chi connectivity index (χ1v) is 4.94. The van der Waals surface area contributed by atoms with E-state index < -0.39 is 0 Å². The highest BCUT2D eigenvalue weighted by Crippen LogP contribution is 2.20. The molecule has 0 aromatic carbocycles. The van der Waals surface area contributed by atoms with Crippen molar-refractivity contribution in [2.45, 2.75) is 12.5 Å². The van der Waals surface area contributed by atoms with Crippen molar-refractivity contribution < 1.29 is 0 Å². The zero-order valence-corrected chi connectivity index (χ0v) is 7.90. The molecule has 1 aliphatic heterocycles. The van der Waals surface area contributed by atoms with Gasteiger partial charge in [-0.2, -0.15) is 11.8 Å². The van der Waals surface area contributed by atoms with Crippen molar-refractivity contribution in [3.8, 4) is 0 Å². The van der Waals surface area contributed by atoms with Gasteiger partial charge in [0.05, 0.1) is 0 Å². The molecule has 0 aromatic rings. The van der Waals surface area contributed by atoms with Crippen LogP contribution < -0.4 is 5.73 Å². The van der Waals surface area contributed by atoms with Crippen LogP contribution in [0.25, 0.3) is 0 Å². The maximum Gasteiger partial charge on any atom is 0.190 e. The second kappa shape index (κ2) is 3.85. The Morgan fingerprint density at radius 2 is 2.45 bits per heavy atom. The SMILES string of the molecule is CN=C(N)N(C)C1CCSC1. The zero-order valence-electron chi connectivity index (χ0n) is 7.08. The summed E-state index contributed by atoms with van der Waals surface area (Å²) in [6.45, 7) is 0. The fraction of sp³-hybridized carbons (Fsp3) is 0.857. The van der Waals surface area contributed by atoms with Gasteiger partial charge in [0.25, 0.3) is 0 Å². The molecule has 0 amide bonds. The fourth-order valence-corrected chi connectivity index (χ4v) is 2.44. The van der Waals surface area contributed by atoms with E-state index in [0.29, 0.717) is 12.0 Å². The average Bonchev–Trinajstić information content (AvgIpc) is 2.53. The molecule has 0 saturated carbocycles. The van der Waals surface area contributed by atoms with Gasteiger partial charge in [0, 0.05) is 25.9 Å². The van der Waals surface area contributed by atoms with Crippen molar-refractivity contribution in [1.82, 2.24) is 4.90 Å². The van der Waals surface area contributed by atoms with Crippen LogP contribution in [0.2, 0.25) is 0 Å². The lowest BCUT2D eigenvalue weighted by Crippen LogP contribution is -2.41. The molecule has 3 nitrogen and oxygen atoms in total. The van der Waals surface area contributed by atoms with Gasteiger partial charge in [-0.1, -0.05) is 0 Å². The lowest BCUT2D eigenvalue weighted by atomic mass is 10.2. The smallest absolute Gasteiger partial charge is 0.190 e. The lowest BCUT2D eigenvalue weighted by molar-refractivity contribution is 0.393. The molecule has 1 saturated heterocycles. The van der Waals surface area contributed by atoms with Crippen molar-refractivity contribution in [3.05, 3.63) is 0 Å². The highest BCUT2D eigenvalue weighted by atomic mass is 32.2. The topological polar surface area (TPSA) is 41.6 Å². The number of hydrogen-bond donors (Lipinski definition) is 1. The Morgan fingerprint density at radius 3 is 2.91 bits per heavy atom. The molecule has 1 atom stereocenters. The summed E-state index contributed by atoms with van der Waals surface area (Å²) in [7, 11) is 3.74. The van der Waals surface area contributed by atoms with Gasteiger partial charge in [-0.05, 0) is 12.2 Å². The lowest BCUT2D eigenvalue weighted by Gasteiger charge is -2.24. The Morgan fingerprint density at radius 1 is 1.73 bits per heavy atom. The molecule has 1 unspecified atom stereocenters. The van der Waals surface area contributed by atoms with E-state index in [1.807, 2.05) is 18.8 Å². The van der Waals surface area contributed by atoms with E-state index in [2.05, 4.69) is 9.89 Å². The summed E-state index contributed by atoms with van der Waals surface area (Å²) in [4.78, 5) is 6.01. The Hall–Kier alpha value is -0.380. The Kier molecular flexibility index (Phi) is 3.05. The number of nitrogens with zero attached hydrogens (tertiary/aromatic N) is 2. The second-order valence-electron chi connectivity index (χ2n) is 2.71. The van der Waals surface area contributed by atoms with Gasteiger partial charge in [-0.25, -0.2) is 0 Å². The van der Waals surface area contributed by atoms with E-state index in [1.54, 1.807) is 7.05 Å². The van der Waals surface area contributed by atoms with Crippen LogP contribution in [-0.4, -0.2) is 42.5 Å². The third kappa shape index (κ3) is 2.02. The molecular formula is C7H15N3S. The predicted molar refractivity (Wildman–Crippen MR) is 51.0 cm³/mol. The summed E-state index contributed by atoms with van der Waals surface area (Å²) >= 11 is 1.99. The summed E-state index contributed by atoms with van der Waals surface area (Å²) in [5.74, 6) is 3.09. The minimum Gasteiger partial charge on any atom is -0.370 e. The first kappa shape index (κ1) is 8.71. The first-order chi connectivity index (χ1) is 5.25. The van der Waals surface area contributed by atoms with E-state index in [0.717, 1.165) is 0 Å². The Balaban J connectivity index is 2.45. The maximum absolute atomic E-state index is 5.66. The summed E-state index contributed by atoms with van der Waals surface area (Å²) in [6.07, 6.45) is 1.23. The monoisotopic (exact) mass is 173 g/mol. The van der Waals surface area contributed by atoms with Crippen molar-refractivity contribution in [3.63, 3.8) is 0 Å². The predicted octanol–water partition coefficient (Wildman–Crippen LogP) is 0.368. The summed E-state index contributed by atoms with van der Waals surface area (Å²) < 4.78 is 0. The van der Waals surface area contributed by atoms with Gasteiger partial charge in [-0.3, -0.25) is 4.99 Å². The number of nitrogens with two attached hydrogens (primary N) is 1. The van der Waals surface area contributed by atoms with E-state index in [9.17, 15) is 0 Å². The van der Waals surface area contributed by atoms with Crippen molar-refractivity contribution >= 4 is 17.7 Å². The molecule has 4 heteroatoms. The van der Waals surface area contributed by atoms with Crippen LogP contribution in [0.5, 0.6) is 0 Å². The molecule has 1 aliphatic rings. The number of aliphatic imine (C=N–C) groups is 1. The highest BCUT2D eigenvalue weighted by molar-refractivity contribution is 7.99. The van der Waals surface area contributed by atoms with E-state index in [4.69, 9.17) is 5.73 Å². The van der Waals surface area contributed by atoms with Crippen molar-refractivity contribution in [2.75, 3.05) is 25.6 Å². The number of rotatable bonds is 1. The van der Waals surface area contributed by atoms with Crippen LogP contribution in [0.3, 0.4) is 0 Å². The molecule has 0 bridgehead atoms.